The molecule has 4 aromatic rings. The molecular weight excluding hydrogens is 480 g/mol. The first kappa shape index (κ1) is 25.0. The first-order valence-corrected chi connectivity index (χ1v) is 11.6. The number of fused-ring (bicyclic) bond motifs is 1. The highest BCUT2D eigenvalue weighted by Crippen LogP contribution is 2.24. The fourth-order valence-electron chi connectivity index (χ4n) is 3.78. The number of likely N-dealkylation sites (N-methyl/N-ethyl adjacent to an activating group) is 1. The number of halogens is 1. The molecular formula is C27H25ClN4O4. The predicted octanol–water partition coefficient (Wildman–Crippen LogP) is 3.96. The summed E-state index contributed by atoms with van der Waals surface area (Å²) in [5.74, 6) is -0.712. The topological polar surface area (TPSA) is 107 Å². The summed E-state index contributed by atoms with van der Waals surface area (Å²) in [6.07, 6.45) is 2.58. The van der Waals surface area contributed by atoms with Crippen molar-refractivity contribution in [2.75, 3.05) is 13.6 Å². The molecule has 1 unspecified atom stereocenters. The number of phenols is 1. The van der Waals surface area contributed by atoms with Gasteiger partial charge in [0.05, 0.1) is 23.9 Å². The number of aliphatic hydroxyl groups excluding tert-OH is 1. The van der Waals surface area contributed by atoms with Gasteiger partial charge in [-0.2, -0.15) is 5.10 Å². The van der Waals surface area contributed by atoms with Gasteiger partial charge in [-0.1, -0.05) is 54.1 Å². The molecule has 8 nitrogen and oxygen atoms in total. The third-order valence-corrected chi connectivity index (χ3v) is 6.09. The van der Waals surface area contributed by atoms with Crippen molar-refractivity contribution in [3.05, 3.63) is 101 Å². The standard InChI is InChI=1S/C27H25ClN4O4/c1-31(16-25(34)18-6-3-2-4-7-18)26(35)17-32-13-12-21-20(8-5-9-23(21)32)15-29-30-27(36)19-10-11-24(33)22(28)14-19/h2-15,25,33-34H,16-17H2,1H3,(H,30,36). The van der Waals surface area contributed by atoms with Gasteiger partial charge in [0.25, 0.3) is 5.91 Å². The molecule has 184 valence electrons. The van der Waals surface area contributed by atoms with Crippen LogP contribution in [-0.4, -0.2) is 51.3 Å². The highest BCUT2D eigenvalue weighted by atomic mass is 35.5. The van der Waals surface area contributed by atoms with Gasteiger partial charge < -0.3 is 19.7 Å². The molecule has 3 aromatic carbocycles. The number of carbonyl (C=O) groups is 2. The lowest BCUT2D eigenvalue weighted by atomic mass is 10.1. The fraction of sp³-hybridized carbons (Fsp3) is 0.148. The summed E-state index contributed by atoms with van der Waals surface area (Å²) in [6.45, 7) is 0.298. The number of hydrazone groups is 1. The number of aliphatic hydroxyl groups is 1. The molecule has 1 atom stereocenters. The van der Waals surface area contributed by atoms with Gasteiger partial charge in [-0.05, 0) is 35.9 Å². The van der Waals surface area contributed by atoms with Gasteiger partial charge in [0, 0.05) is 35.3 Å². The first-order chi connectivity index (χ1) is 17.3. The minimum Gasteiger partial charge on any atom is -0.506 e. The predicted molar refractivity (Wildman–Crippen MR) is 139 cm³/mol. The maximum atomic E-state index is 12.8. The van der Waals surface area contributed by atoms with Gasteiger partial charge in [0.15, 0.2) is 0 Å². The molecule has 0 radical (unpaired) electrons. The zero-order chi connectivity index (χ0) is 25.7. The second-order valence-electron chi connectivity index (χ2n) is 8.29. The largest absolute Gasteiger partial charge is 0.506 e. The van der Waals surface area contributed by atoms with E-state index in [9.17, 15) is 19.8 Å². The van der Waals surface area contributed by atoms with E-state index in [1.165, 1.54) is 29.3 Å². The number of phenolic OH excluding ortho intramolecular Hbond substituents is 1. The normalized spacial score (nSPS) is 12.1. The summed E-state index contributed by atoms with van der Waals surface area (Å²) >= 11 is 5.85. The van der Waals surface area contributed by atoms with E-state index in [1.807, 2.05) is 65.4 Å². The van der Waals surface area contributed by atoms with Crippen molar-refractivity contribution < 1.29 is 19.8 Å². The zero-order valence-corrected chi connectivity index (χ0v) is 20.3. The van der Waals surface area contributed by atoms with Crippen LogP contribution in [0.2, 0.25) is 5.02 Å². The molecule has 0 aliphatic rings. The van der Waals surface area contributed by atoms with Crippen molar-refractivity contribution in [1.29, 1.82) is 0 Å². The lowest BCUT2D eigenvalue weighted by Crippen LogP contribution is -2.33. The molecule has 0 bridgehead atoms. The number of carbonyl (C=O) groups excluding carboxylic acids is 2. The maximum Gasteiger partial charge on any atom is 0.271 e. The maximum absolute atomic E-state index is 12.8. The van der Waals surface area contributed by atoms with Crippen molar-refractivity contribution in [1.82, 2.24) is 14.9 Å². The van der Waals surface area contributed by atoms with Crippen molar-refractivity contribution in [2.45, 2.75) is 12.6 Å². The molecule has 4 rings (SSSR count). The van der Waals surface area contributed by atoms with Gasteiger partial charge in [0.1, 0.15) is 12.3 Å². The Labute approximate surface area is 213 Å². The van der Waals surface area contributed by atoms with Gasteiger partial charge in [0.2, 0.25) is 5.91 Å². The Hall–Kier alpha value is -4.14. The van der Waals surface area contributed by atoms with E-state index >= 15 is 0 Å². The van der Waals surface area contributed by atoms with Crippen LogP contribution >= 0.6 is 11.6 Å². The number of nitrogens with zero attached hydrogens (tertiary/aromatic N) is 3. The van der Waals surface area contributed by atoms with E-state index in [0.717, 1.165) is 22.0 Å². The van der Waals surface area contributed by atoms with Crippen LogP contribution in [0, 0.1) is 0 Å². The first-order valence-electron chi connectivity index (χ1n) is 11.2. The third-order valence-electron chi connectivity index (χ3n) is 5.79. The molecule has 9 heteroatoms. The average molecular weight is 505 g/mol. The van der Waals surface area contributed by atoms with Crippen molar-refractivity contribution in [2.24, 2.45) is 5.10 Å². The number of amides is 2. The van der Waals surface area contributed by atoms with Gasteiger partial charge in [-0.15, -0.1) is 0 Å². The van der Waals surface area contributed by atoms with E-state index in [0.29, 0.717) is 0 Å². The Kier molecular flexibility index (Phi) is 7.68. The van der Waals surface area contributed by atoms with E-state index in [-0.39, 0.29) is 35.3 Å². The van der Waals surface area contributed by atoms with E-state index in [2.05, 4.69) is 10.5 Å². The smallest absolute Gasteiger partial charge is 0.271 e. The summed E-state index contributed by atoms with van der Waals surface area (Å²) in [6, 6.07) is 20.8. The van der Waals surface area contributed by atoms with Crippen molar-refractivity contribution in [3.63, 3.8) is 0 Å². The van der Waals surface area contributed by atoms with Crippen LogP contribution in [0.25, 0.3) is 10.9 Å². The number of nitrogens with one attached hydrogen (secondary N) is 1. The monoisotopic (exact) mass is 504 g/mol. The Balaban J connectivity index is 1.42. The van der Waals surface area contributed by atoms with E-state index in [4.69, 9.17) is 11.6 Å². The molecule has 2 amide bonds. The highest BCUT2D eigenvalue weighted by molar-refractivity contribution is 6.32. The van der Waals surface area contributed by atoms with E-state index < -0.39 is 12.0 Å². The molecule has 3 N–H and O–H groups in total. The molecule has 0 aliphatic heterocycles. The number of aromatic hydroxyl groups is 1. The van der Waals surface area contributed by atoms with Crippen LogP contribution in [0.5, 0.6) is 5.75 Å². The second-order valence-corrected chi connectivity index (χ2v) is 8.70. The average Bonchev–Trinajstić information content (AvgIpc) is 3.29. The quantitative estimate of drug-likeness (QED) is 0.249. The minimum atomic E-state index is -0.766. The molecule has 1 aromatic heterocycles. The lowest BCUT2D eigenvalue weighted by Gasteiger charge is -2.21. The number of hydrogen-bond donors (Lipinski definition) is 3. The molecule has 0 fully saturated rings. The molecule has 36 heavy (non-hydrogen) atoms. The summed E-state index contributed by atoms with van der Waals surface area (Å²) in [7, 11) is 1.67. The number of hydrogen-bond acceptors (Lipinski definition) is 5. The summed E-state index contributed by atoms with van der Waals surface area (Å²) in [5, 5.41) is 24.9. The zero-order valence-electron chi connectivity index (χ0n) is 19.5. The van der Waals surface area contributed by atoms with Crippen LogP contribution in [0.3, 0.4) is 0 Å². The van der Waals surface area contributed by atoms with Crippen molar-refractivity contribution >= 4 is 40.5 Å². The van der Waals surface area contributed by atoms with Crippen LogP contribution in [0.15, 0.2) is 84.1 Å². The van der Waals surface area contributed by atoms with Gasteiger partial charge in [-0.25, -0.2) is 5.43 Å². The Morgan fingerprint density at radius 2 is 1.89 bits per heavy atom. The van der Waals surface area contributed by atoms with Gasteiger partial charge in [-0.3, -0.25) is 9.59 Å². The highest BCUT2D eigenvalue weighted by Gasteiger charge is 2.16. The Morgan fingerprint density at radius 3 is 2.64 bits per heavy atom. The lowest BCUT2D eigenvalue weighted by molar-refractivity contribution is -0.131. The number of aromatic nitrogens is 1. The third kappa shape index (κ3) is 5.73. The SMILES string of the molecule is CN(CC(O)c1ccccc1)C(=O)Cn1ccc2c(C=NNC(=O)c3ccc(O)c(Cl)c3)cccc21. The van der Waals surface area contributed by atoms with Crippen molar-refractivity contribution in [3.8, 4) is 5.75 Å². The molecule has 1 heterocycles. The van der Waals surface area contributed by atoms with Crippen LogP contribution in [-0.2, 0) is 11.3 Å². The van der Waals surface area contributed by atoms with Crippen LogP contribution < -0.4 is 5.43 Å². The van der Waals surface area contributed by atoms with Crippen LogP contribution in [0.1, 0.15) is 27.6 Å². The minimum absolute atomic E-state index is 0.0764. The van der Waals surface area contributed by atoms with Crippen LogP contribution in [0.4, 0.5) is 0 Å². The summed E-state index contributed by atoms with van der Waals surface area (Å²) in [4.78, 5) is 26.6. The Morgan fingerprint density at radius 1 is 1.11 bits per heavy atom. The fourth-order valence-corrected chi connectivity index (χ4v) is 3.96. The number of rotatable bonds is 8. The Bertz CT molecular complexity index is 1420. The molecule has 0 saturated heterocycles. The molecule has 0 spiro atoms. The molecule has 0 saturated carbocycles. The summed E-state index contributed by atoms with van der Waals surface area (Å²) in [5.41, 5.74) is 5.06. The van der Waals surface area contributed by atoms with E-state index in [1.54, 1.807) is 7.05 Å². The number of benzene rings is 3. The summed E-state index contributed by atoms with van der Waals surface area (Å²) < 4.78 is 1.83. The second kappa shape index (κ2) is 11.1. The molecule has 0 aliphatic carbocycles. The van der Waals surface area contributed by atoms with Gasteiger partial charge >= 0.3 is 0 Å².